The number of hydrogen-bond acceptors (Lipinski definition) is 2. The van der Waals surface area contributed by atoms with E-state index < -0.39 is 11.4 Å². The summed E-state index contributed by atoms with van der Waals surface area (Å²) >= 11 is 0. The Labute approximate surface area is 85.1 Å². The molecule has 0 aromatic carbocycles. The quantitative estimate of drug-likeness (QED) is 0.731. The molecule has 1 rings (SSSR count). The largest absolute Gasteiger partial charge is 0.481 e. The summed E-state index contributed by atoms with van der Waals surface area (Å²) in [5.74, 6) is 0.428. The average molecular weight is 200 g/mol. The number of carboxylic acid groups (broad SMARTS) is 1. The molecular weight excluding hydrogens is 180 g/mol. The molecule has 2 N–H and O–H groups in total. The molecule has 3 heteroatoms. The van der Waals surface area contributed by atoms with Gasteiger partial charge in [-0.2, -0.15) is 0 Å². The Morgan fingerprint density at radius 1 is 1.43 bits per heavy atom. The minimum atomic E-state index is -0.842. The van der Waals surface area contributed by atoms with Crippen molar-refractivity contribution in [1.82, 2.24) is 0 Å². The van der Waals surface area contributed by atoms with Crippen LogP contribution in [0.3, 0.4) is 0 Å². The van der Waals surface area contributed by atoms with Crippen LogP contribution in [0.25, 0.3) is 0 Å². The molecule has 82 valence electrons. The van der Waals surface area contributed by atoms with Crippen molar-refractivity contribution in [3.8, 4) is 0 Å². The summed E-state index contributed by atoms with van der Waals surface area (Å²) in [4.78, 5) is 11.0. The average Bonchev–Trinajstić information content (AvgIpc) is 2.17. The molecule has 0 aliphatic heterocycles. The molecule has 1 aliphatic carbocycles. The standard InChI is InChI=1S/C11H20O3/c1-8(2)9-3-5-11(7-12,6-4-9)10(13)14/h8-9,12H,3-7H2,1-2H3,(H,13,14). The number of carboxylic acids is 1. The summed E-state index contributed by atoms with van der Waals surface area (Å²) in [5, 5.41) is 18.2. The van der Waals surface area contributed by atoms with Gasteiger partial charge in [0.05, 0.1) is 12.0 Å². The number of aliphatic carboxylic acids is 1. The predicted octanol–water partition coefficient (Wildman–Crippen LogP) is 1.90. The molecule has 1 fully saturated rings. The fourth-order valence-corrected chi connectivity index (χ4v) is 2.30. The van der Waals surface area contributed by atoms with Crippen molar-refractivity contribution in [1.29, 1.82) is 0 Å². The lowest BCUT2D eigenvalue weighted by Crippen LogP contribution is -2.39. The monoisotopic (exact) mass is 200 g/mol. The van der Waals surface area contributed by atoms with Gasteiger partial charge < -0.3 is 10.2 Å². The maximum absolute atomic E-state index is 11.0. The van der Waals surface area contributed by atoms with Crippen LogP contribution in [-0.2, 0) is 4.79 Å². The molecule has 0 aromatic heterocycles. The van der Waals surface area contributed by atoms with E-state index in [0.717, 1.165) is 12.8 Å². The van der Waals surface area contributed by atoms with Crippen molar-refractivity contribution in [3.05, 3.63) is 0 Å². The SMILES string of the molecule is CC(C)C1CCC(CO)(C(=O)O)CC1. The molecule has 0 radical (unpaired) electrons. The first-order valence-electron chi connectivity index (χ1n) is 5.36. The lowest BCUT2D eigenvalue weighted by molar-refractivity contribution is -0.155. The van der Waals surface area contributed by atoms with Crippen LogP contribution < -0.4 is 0 Å². The van der Waals surface area contributed by atoms with Crippen LogP contribution in [0, 0.1) is 17.3 Å². The van der Waals surface area contributed by atoms with Crippen molar-refractivity contribution >= 4 is 5.97 Å². The minimum Gasteiger partial charge on any atom is -0.481 e. The van der Waals surface area contributed by atoms with Crippen LogP contribution in [0.5, 0.6) is 0 Å². The van der Waals surface area contributed by atoms with Gasteiger partial charge in [0.25, 0.3) is 0 Å². The van der Waals surface area contributed by atoms with E-state index in [1.165, 1.54) is 0 Å². The third kappa shape index (κ3) is 2.08. The maximum atomic E-state index is 11.0. The molecule has 0 amide bonds. The van der Waals surface area contributed by atoms with Gasteiger partial charge in [0.15, 0.2) is 0 Å². The topological polar surface area (TPSA) is 57.5 Å². The number of rotatable bonds is 3. The van der Waals surface area contributed by atoms with Gasteiger partial charge in [-0.15, -0.1) is 0 Å². The van der Waals surface area contributed by atoms with E-state index in [4.69, 9.17) is 10.2 Å². The Balaban J connectivity index is 2.59. The molecule has 0 atom stereocenters. The van der Waals surface area contributed by atoms with Gasteiger partial charge in [0, 0.05) is 0 Å². The molecule has 1 saturated carbocycles. The van der Waals surface area contributed by atoms with Gasteiger partial charge in [-0.1, -0.05) is 13.8 Å². The third-order valence-corrected chi connectivity index (χ3v) is 3.69. The van der Waals surface area contributed by atoms with Crippen molar-refractivity contribution in [3.63, 3.8) is 0 Å². The van der Waals surface area contributed by atoms with Gasteiger partial charge in [-0.05, 0) is 37.5 Å². The predicted molar refractivity (Wildman–Crippen MR) is 54.0 cm³/mol. The van der Waals surface area contributed by atoms with Gasteiger partial charge in [-0.3, -0.25) is 4.79 Å². The normalized spacial score (nSPS) is 33.3. The molecule has 14 heavy (non-hydrogen) atoms. The third-order valence-electron chi connectivity index (χ3n) is 3.69. The molecule has 0 saturated heterocycles. The summed E-state index contributed by atoms with van der Waals surface area (Å²) in [6.07, 6.45) is 3.12. The molecular formula is C11H20O3. The fourth-order valence-electron chi connectivity index (χ4n) is 2.30. The minimum absolute atomic E-state index is 0.215. The summed E-state index contributed by atoms with van der Waals surface area (Å²) in [6.45, 7) is 4.14. The second kappa shape index (κ2) is 4.30. The number of aliphatic hydroxyl groups excluding tert-OH is 1. The van der Waals surface area contributed by atoms with Crippen molar-refractivity contribution < 1.29 is 15.0 Å². The highest BCUT2D eigenvalue weighted by atomic mass is 16.4. The molecule has 1 aliphatic rings. The zero-order chi connectivity index (χ0) is 10.8. The van der Waals surface area contributed by atoms with Crippen LogP contribution in [0.1, 0.15) is 39.5 Å². The van der Waals surface area contributed by atoms with Crippen LogP contribution >= 0.6 is 0 Å². The molecule has 3 nitrogen and oxygen atoms in total. The second-order valence-corrected chi connectivity index (χ2v) is 4.83. The van der Waals surface area contributed by atoms with Gasteiger partial charge in [0.2, 0.25) is 0 Å². The number of aliphatic hydroxyl groups is 1. The summed E-state index contributed by atoms with van der Waals surface area (Å²) in [5.41, 5.74) is -0.842. The lowest BCUT2D eigenvalue weighted by Gasteiger charge is -2.36. The molecule has 0 bridgehead atoms. The zero-order valence-corrected chi connectivity index (χ0v) is 8.99. The summed E-state index contributed by atoms with van der Waals surface area (Å²) < 4.78 is 0. The van der Waals surface area contributed by atoms with Gasteiger partial charge in [-0.25, -0.2) is 0 Å². The highest BCUT2D eigenvalue weighted by Gasteiger charge is 2.41. The number of hydrogen-bond donors (Lipinski definition) is 2. The first-order chi connectivity index (χ1) is 6.52. The molecule has 0 unspecified atom stereocenters. The van der Waals surface area contributed by atoms with Gasteiger partial charge >= 0.3 is 5.97 Å². The van der Waals surface area contributed by atoms with E-state index in [1.807, 2.05) is 0 Å². The van der Waals surface area contributed by atoms with E-state index >= 15 is 0 Å². The van der Waals surface area contributed by atoms with E-state index in [-0.39, 0.29) is 6.61 Å². The summed E-state index contributed by atoms with van der Waals surface area (Å²) in [7, 11) is 0. The van der Waals surface area contributed by atoms with Crippen LogP contribution in [0.15, 0.2) is 0 Å². The Kier molecular flexibility index (Phi) is 3.53. The molecule has 0 spiro atoms. The van der Waals surface area contributed by atoms with E-state index in [0.29, 0.717) is 24.7 Å². The second-order valence-electron chi connectivity index (χ2n) is 4.83. The summed E-state index contributed by atoms with van der Waals surface area (Å²) in [6, 6.07) is 0. The fraction of sp³-hybridized carbons (Fsp3) is 0.909. The van der Waals surface area contributed by atoms with Gasteiger partial charge in [0.1, 0.15) is 0 Å². The van der Waals surface area contributed by atoms with Crippen LogP contribution in [-0.4, -0.2) is 22.8 Å². The molecule has 0 aromatic rings. The first kappa shape index (κ1) is 11.5. The van der Waals surface area contributed by atoms with E-state index in [2.05, 4.69) is 13.8 Å². The van der Waals surface area contributed by atoms with Crippen LogP contribution in [0.2, 0.25) is 0 Å². The van der Waals surface area contributed by atoms with Crippen molar-refractivity contribution in [2.75, 3.05) is 6.61 Å². The van der Waals surface area contributed by atoms with E-state index in [9.17, 15) is 4.79 Å². The Hall–Kier alpha value is -0.570. The van der Waals surface area contributed by atoms with Crippen LogP contribution in [0.4, 0.5) is 0 Å². The maximum Gasteiger partial charge on any atom is 0.311 e. The highest BCUT2D eigenvalue weighted by molar-refractivity contribution is 5.74. The lowest BCUT2D eigenvalue weighted by atomic mass is 9.68. The Bertz CT molecular complexity index is 203. The molecule has 0 heterocycles. The smallest absolute Gasteiger partial charge is 0.311 e. The van der Waals surface area contributed by atoms with Crippen molar-refractivity contribution in [2.45, 2.75) is 39.5 Å². The first-order valence-corrected chi connectivity index (χ1v) is 5.36. The zero-order valence-electron chi connectivity index (χ0n) is 8.99. The Morgan fingerprint density at radius 3 is 2.21 bits per heavy atom. The van der Waals surface area contributed by atoms with E-state index in [1.54, 1.807) is 0 Å². The number of carbonyl (C=O) groups is 1. The highest BCUT2D eigenvalue weighted by Crippen LogP contribution is 2.41. The van der Waals surface area contributed by atoms with Crippen molar-refractivity contribution in [2.24, 2.45) is 17.3 Å². The Morgan fingerprint density at radius 2 is 1.93 bits per heavy atom.